The monoisotopic (exact) mass is 472 g/mol. The van der Waals surface area contributed by atoms with Crippen molar-refractivity contribution in [1.29, 1.82) is 0 Å². The fraction of sp³-hybridized carbons (Fsp3) is 0.333. The van der Waals surface area contributed by atoms with Gasteiger partial charge in [0.05, 0.1) is 30.0 Å². The SMILES string of the molecule is Cc1cc(F)cc(-c2cnc3ccc(-c4cn(C)nc4N)cc3c2N2CC[C@H]3OCCN[C@@H]3C2)c1. The van der Waals surface area contributed by atoms with Crippen LogP contribution in [0.2, 0.25) is 0 Å². The van der Waals surface area contributed by atoms with Crippen LogP contribution in [0.25, 0.3) is 33.2 Å². The summed E-state index contributed by atoms with van der Waals surface area (Å²) in [6, 6.07) is 11.6. The summed E-state index contributed by atoms with van der Waals surface area (Å²) in [4.78, 5) is 7.18. The van der Waals surface area contributed by atoms with E-state index in [2.05, 4.69) is 21.4 Å². The van der Waals surface area contributed by atoms with Crippen LogP contribution in [0.5, 0.6) is 0 Å². The minimum absolute atomic E-state index is 0.221. The number of fused-ring (bicyclic) bond motifs is 2. The molecule has 180 valence electrons. The molecule has 0 amide bonds. The number of aryl methyl sites for hydroxylation is 2. The van der Waals surface area contributed by atoms with Crippen molar-refractivity contribution in [2.75, 3.05) is 36.9 Å². The molecule has 4 aromatic rings. The lowest BCUT2D eigenvalue weighted by Gasteiger charge is -2.43. The smallest absolute Gasteiger partial charge is 0.153 e. The molecule has 2 saturated heterocycles. The number of morpholine rings is 1. The zero-order valence-corrected chi connectivity index (χ0v) is 20.0. The van der Waals surface area contributed by atoms with Crippen molar-refractivity contribution in [3.8, 4) is 22.3 Å². The van der Waals surface area contributed by atoms with Gasteiger partial charge in [0.2, 0.25) is 0 Å². The summed E-state index contributed by atoms with van der Waals surface area (Å²) in [5, 5.41) is 8.95. The van der Waals surface area contributed by atoms with E-state index in [1.165, 1.54) is 0 Å². The molecule has 7 nitrogen and oxygen atoms in total. The van der Waals surface area contributed by atoms with Gasteiger partial charge in [0.1, 0.15) is 5.82 Å². The number of anilines is 2. The first-order chi connectivity index (χ1) is 17.0. The molecule has 35 heavy (non-hydrogen) atoms. The lowest BCUT2D eigenvalue weighted by atomic mass is 9.94. The Morgan fingerprint density at radius 1 is 1.14 bits per heavy atom. The maximum Gasteiger partial charge on any atom is 0.153 e. The van der Waals surface area contributed by atoms with Gasteiger partial charge in [0.15, 0.2) is 5.82 Å². The number of aromatic nitrogens is 3. The highest BCUT2D eigenvalue weighted by Crippen LogP contribution is 2.40. The molecular formula is C27H29FN6O. The summed E-state index contributed by atoms with van der Waals surface area (Å²) in [5.74, 6) is 0.242. The molecule has 3 N–H and O–H groups in total. The minimum Gasteiger partial charge on any atom is -0.382 e. The van der Waals surface area contributed by atoms with E-state index in [4.69, 9.17) is 15.5 Å². The Bertz CT molecular complexity index is 1400. The molecule has 0 saturated carbocycles. The van der Waals surface area contributed by atoms with Gasteiger partial charge in [-0.15, -0.1) is 0 Å². The Morgan fingerprint density at radius 2 is 2.03 bits per heavy atom. The number of nitrogens with one attached hydrogen (secondary N) is 1. The van der Waals surface area contributed by atoms with Crippen LogP contribution in [-0.4, -0.2) is 53.2 Å². The average molecular weight is 473 g/mol. The molecule has 0 aliphatic carbocycles. The molecule has 2 aliphatic heterocycles. The zero-order chi connectivity index (χ0) is 24.1. The van der Waals surface area contributed by atoms with Gasteiger partial charge in [0.25, 0.3) is 0 Å². The van der Waals surface area contributed by atoms with Gasteiger partial charge in [-0.3, -0.25) is 9.67 Å². The van der Waals surface area contributed by atoms with E-state index in [-0.39, 0.29) is 18.0 Å². The molecule has 8 heteroatoms. The topological polar surface area (TPSA) is 81.2 Å². The summed E-state index contributed by atoms with van der Waals surface area (Å²) in [6.45, 7) is 5.18. The van der Waals surface area contributed by atoms with Crippen molar-refractivity contribution < 1.29 is 9.13 Å². The second kappa shape index (κ2) is 8.62. The van der Waals surface area contributed by atoms with Crippen molar-refractivity contribution in [3.63, 3.8) is 0 Å². The van der Waals surface area contributed by atoms with Gasteiger partial charge in [-0.2, -0.15) is 5.10 Å². The van der Waals surface area contributed by atoms with Crippen LogP contribution in [0.4, 0.5) is 15.9 Å². The van der Waals surface area contributed by atoms with Gasteiger partial charge >= 0.3 is 0 Å². The third-order valence-electron chi connectivity index (χ3n) is 7.07. The van der Waals surface area contributed by atoms with Crippen LogP contribution in [0.15, 0.2) is 48.8 Å². The molecule has 0 unspecified atom stereocenters. The van der Waals surface area contributed by atoms with Crippen molar-refractivity contribution in [1.82, 2.24) is 20.1 Å². The van der Waals surface area contributed by atoms with Crippen molar-refractivity contribution in [2.24, 2.45) is 7.05 Å². The highest BCUT2D eigenvalue weighted by molar-refractivity contribution is 6.02. The fourth-order valence-electron chi connectivity index (χ4n) is 5.50. The van der Waals surface area contributed by atoms with Crippen molar-refractivity contribution in [2.45, 2.75) is 25.5 Å². The molecule has 0 spiro atoms. The quantitative estimate of drug-likeness (QED) is 0.471. The van der Waals surface area contributed by atoms with Crippen molar-refractivity contribution in [3.05, 3.63) is 60.2 Å². The lowest BCUT2D eigenvalue weighted by molar-refractivity contribution is -0.0134. The first kappa shape index (κ1) is 22.0. The number of rotatable bonds is 3. The standard InChI is InChI=1S/C27H29FN6O/c1-16-9-18(11-19(28)10-16)21-13-31-23-4-3-17(22-14-33(2)32-27(22)29)12-20(23)26(21)34-7-5-25-24(15-34)30-6-8-35-25/h3-4,9-14,24-25,30H,5-8,15H2,1-2H3,(H2,29,32)/t24-,25-/m1/s1. The number of pyridine rings is 1. The maximum absolute atomic E-state index is 14.5. The highest BCUT2D eigenvalue weighted by atomic mass is 19.1. The molecule has 2 fully saturated rings. The number of hydrogen-bond acceptors (Lipinski definition) is 6. The van der Waals surface area contributed by atoms with E-state index >= 15 is 0 Å². The molecule has 0 bridgehead atoms. The predicted molar refractivity (Wildman–Crippen MR) is 137 cm³/mol. The summed E-state index contributed by atoms with van der Waals surface area (Å²) in [5.41, 5.74) is 12.6. The number of hydrogen-bond donors (Lipinski definition) is 2. The molecule has 2 atom stereocenters. The van der Waals surface area contributed by atoms with Crippen LogP contribution in [-0.2, 0) is 11.8 Å². The van der Waals surface area contributed by atoms with E-state index in [1.807, 2.05) is 44.6 Å². The third-order valence-corrected chi connectivity index (χ3v) is 7.07. The largest absolute Gasteiger partial charge is 0.382 e. The van der Waals surface area contributed by atoms with E-state index in [9.17, 15) is 4.39 Å². The van der Waals surface area contributed by atoms with Crippen LogP contribution in [0.3, 0.4) is 0 Å². The van der Waals surface area contributed by atoms with E-state index in [0.717, 1.165) is 77.1 Å². The Morgan fingerprint density at radius 3 is 2.83 bits per heavy atom. The number of benzene rings is 2. The third kappa shape index (κ3) is 4.02. The molecule has 4 heterocycles. The second-order valence-corrected chi connectivity index (χ2v) is 9.58. The van der Waals surface area contributed by atoms with Crippen molar-refractivity contribution >= 4 is 22.4 Å². The summed E-state index contributed by atoms with van der Waals surface area (Å²) >= 11 is 0. The highest BCUT2D eigenvalue weighted by Gasteiger charge is 2.33. The number of nitrogen functional groups attached to an aromatic ring is 1. The molecule has 2 aromatic heterocycles. The number of halogens is 1. The zero-order valence-electron chi connectivity index (χ0n) is 20.0. The molecular weight excluding hydrogens is 443 g/mol. The Hall–Kier alpha value is -3.49. The maximum atomic E-state index is 14.5. The number of ether oxygens (including phenoxy) is 1. The van der Waals surface area contributed by atoms with E-state index in [0.29, 0.717) is 5.82 Å². The average Bonchev–Trinajstić information content (AvgIpc) is 3.19. The number of nitrogens with zero attached hydrogens (tertiary/aromatic N) is 4. The fourth-order valence-corrected chi connectivity index (χ4v) is 5.50. The summed E-state index contributed by atoms with van der Waals surface area (Å²) < 4.78 is 22.2. The van der Waals surface area contributed by atoms with Gasteiger partial charge < -0.3 is 20.7 Å². The van der Waals surface area contributed by atoms with Gasteiger partial charge in [-0.1, -0.05) is 12.1 Å². The predicted octanol–water partition coefficient (Wildman–Crippen LogP) is 3.90. The minimum atomic E-state index is -0.246. The Labute approximate surface area is 203 Å². The first-order valence-electron chi connectivity index (χ1n) is 12.1. The Balaban J connectivity index is 1.55. The first-order valence-corrected chi connectivity index (χ1v) is 12.1. The lowest BCUT2D eigenvalue weighted by Crippen LogP contribution is -2.58. The molecule has 0 radical (unpaired) electrons. The van der Waals surface area contributed by atoms with Crippen LogP contribution < -0.4 is 16.0 Å². The summed E-state index contributed by atoms with van der Waals surface area (Å²) in [6.07, 6.45) is 4.95. The van der Waals surface area contributed by atoms with E-state index < -0.39 is 0 Å². The number of piperidine rings is 1. The van der Waals surface area contributed by atoms with Crippen LogP contribution >= 0.6 is 0 Å². The summed E-state index contributed by atoms with van der Waals surface area (Å²) in [7, 11) is 1.86. The van der Waals surface area contributed by atoms with Gasteiger partial charge in [-0.25, -0.2) is 4.39 Å². The Kier molecular flexibility index (Phi) is 5.42. The van der Waals surface area contributed by atoms with Gasteiger partial charge in [0, 0.05) is 55.6 Å². The van der Waals surface area contributed by atoms with Crippen LogP contribution in [0, 0.1) is 12.7 Å². The van der Waals surface area contributed by atoms with E-state index in [1.54, 1.807) is 16.8 Å². The molecule has 2 aliphatic rings. The molecule has 6 rings (SSSR count). The normalized spacial score (nSPS) is 20.3. The number of nitrogens with two attached hydrogens (primary N) is 1. The van der Waals surface area contributed by atoms with Gasteiger partial charge in [-0.05, 0) is 54.3 Å². The molecule has 2 aromatic carbocycles. The van der Waals surface area contributed by atoms with Crippen LogP contribution in [0.1, 0.15) is 12.0 Å². The second-order valence-electron chi connectivity index (χ2n) is 9.58.